The summed E-state index contributed by atoms with van der Waals surface area (Å²) in [6.07, 6.45) is 4.12. The van der Waals surface area contributed by atoms with E-state index in [1.54, 1.807) is 7.11 Å². The van der Waals surface area contributed by atoms with E-state index in [9.17, 15) is 0 Å². The van der Waals surface area contributed by atoms with Crippen molar-refractivity contribution in [2.75, 3.05) is 13.7 Å². The number of hydrogen-bond acceptors (Lipinski definition) is 2. The number of benzene rings is 1. The van der Waals surface area contributed by atoms with Crippen LogP contribution in [0.25, 0.3) is 0 Å². The van der Waals surface area contributed by atoms with E-state index in [4.69, 9.17) is 4.74 Å². The van der Waals surface area contributed by atoms with E-state index >= 15 is 0 Å². The molecule has 2 rings (SSSR count). The van der Waals surface area contributed by atoms with Crippen molar-refractivity contribution in [2.24, 2.45) is 5.92 Å². The lowest BCUT2D eigenvalue weighted by atomic mass is 9.77. The summed E-state index contributed by atoms with van der Waals surface area (Å²) in [6, 6.07) is 7.09. The van der Waals surface area contributed by atoms with Crippen LogP contribution in [0.4, 0.5) is 0 Å². The van der Waals surface area contributed by atoms with Gasteiger partial charge in [0.1, 0.15) is 5.75 Å². The molecule has 0 aliphatic heterocycles. The highest BCUT2D eigenvalue weighted by Crippen LogP contribution is 2.38. The Kier molecular flexibility index (Phi) is 4.06. The Bertz CT molecular complexity index is 371. The van der Waals surface area contributed by atoms with E-state index in [1.807, 2.05) is 0 Å². The van der Waals surface area contributed by atoms with Crippen molar-refractivity contribution in [1.29, 1.82) is 0 Å². The molecule has 0 aromatic heterocycles. The second-order valence-corrected chi connectivity index (χ2v) is 4.96. The third-order valence-corrected chi connectivity index (χ3v) is 3.82. The smallest absolute Gasteiger partial charge is 0.121 e. The van der Waals surface area contributed by atoms with Gasteiger partial charge in [0.2, 0.25) is 0 Å². The summed E-state index contributed by atoms with van der Waals surface area (Å²) < 4.78 is 5.32. The predicted octanol–water partition coefficient (Wildman–Crippen LogP) is 3.45. The van der Waals surface area contributed by atoms with Gasteiger partial charge in [-0.15, -0.1) is 0 Å². The number of aryl methyl sites for hydroxylation is 1. The lowest BCUT2D eigenvalue weighted by molar-refractivity contribution is 0.233. The van der Waals surface area contributed by atoms with Gasteiger partial charge in [0, 0.05) is 6.04 Å². The molecule has 1 unspecified atom stereocenters. The first kappa shape index (κ1) is 12.4. The second kappa shape index (κ2) is 5.54. The molecule has 1 aromatic carbocycles. The van der Waals surface area contributed by atoms with Gasteiger partial charge < -0.3 is 10.1 Å². The van der Waals surface area contributed by atoms with E-state index in [2.05, 4.69) is 37.4 Å². The van der Waals surface area contributed by atoms with Crippen LogP contribution in [0.15, 0.2) is 18.2 Å². The molecule has 1 aliphatic carbocycles. The third kappa shape index (κ3) is 2.63. The SMILES string of the molecule is CCNC(c1ccc(OC)c(C)c1)C1CCC1. The Morgan fingerprint density at radius 3 is 2.65 bits per heavy atom. The Hall–Kier alpha value is -1.02. The van der Waals surface area contributed by atoms with Crippen LogP contribution in [0.5, 0.6) is 5.75 Å². The van der Waals surface area contributed by atoms with Crippen LogP contribution in [-0.2, 0) is 0 Å². The van der Waals surface area contributed by atoms with Gasteiger partial charge in [-0.1, -0.05) is 25.5 Å². The molecular formula is C15H23NO. The zero-order valence-electron chi connectivity index (χ0n) is 11.1. The molecular weight excluding hydrogens is 210 g/mol. The fourth-order valence-corrected chi connectivity index (χ4v) is 2.64. The average molecular weight is 233 g/mol. The number of hydrogen-bond donors (Lipinski definition) is 1. The van der Waals surface area contributed by atoms with Gasteiger partial charge in [0.15, 0.2) is 0 Å². The Morgan fingerprint density at radius 1 is 1.41 bits per heavy atom. The Morgan fingerprint density at radius 2 is 2.18 bits per heavy atom. The molecule has 1 aromatic rings. The van der Waals surface area contributed by atoms with E-state index in [1.165, 1.54) is 30.4 Å². The quantitative estimate of drug-likeness (QED) is 0.841. The summed E-state index contributed by atoms with van der Waals surface area (Å²) >= 11 is 0. The van der Waals surface area contributed by atoms with Gasteiger partial charge in [-0.05, 0) is 49.4 Å². The molecule has 0 radical (unpaired) electrons. The standard InChI is InChI=1S/C15H23NO/c1-4-16-15(12-6-5-7-12)13-8-9-14(17-3)11(2)10-13/h8-10,12,15-16H,4-7H2,1-3H3. The summed E-state index contributed by atoms with van der Waals surface area (Å²) in [4.78, 5) is 0. The van der Waals surface area contributed by atoms with Gasteiger partial charge in [-0.3, -0.25) is 0 Å². The molecule has 2 nitrogen and oxygen atoms in total. The normalized spacial score (nSPS) is 17.6. The number of rotatable bonds is 5. The molecule has 0 heterocycles. The van der Waals surface area contributed by atoms with Gasteiger partial charge in [0.05, 0.1) is 7.11 Å². The van der Waals surface area contributed by atoms with Crippen molar-refractivity contribution in [3.63, 3.8) is 0 Å². The lowest BCUT2D eigenvalue weighted by Gasteiger charge is -2.35. The van der Waals surface area contributed by atoms with Crippen molar-refractivity contribution >= 4 is 0 Å². The number of ether oxygens (including phenoxy) is 1. The fourth-order valence-electron chi connectivity index (χ4n) is 2.64. The largest absolute Gasteiger partial charge is 0.496 e. The first-order valence-corrected chi connectivity index (χ1v) is 6.64. The molecule has 1 fully saturated rings. The maximum Gasteiger partial charge on any atom is 0.121 e. The number of nitrogens with one attached hydrogen (secondary N) is 1. The molecule has 0 amide bonds. The van der Waals surface area contributed by atoms with Crippen molar-refractivity contribution < 1.29 is 4.74 Å². The number of methoxy groups -OCH3 is 1. The summed E-state index contributed by atoms with van der Waals surface area (Å²) in [5, 5.41) is 3.62. The van der Waals surface area contributed by atoms with Gasteiger partial charge in [-0.2, -0.15) is 0 Å². The summed E-state index contributed by atoms with van der Waals surface area (Å²) in [6.45, 7) is 5.33. The van der Waals surface area contributed by atoms with Crippen molar-refractivity contribution in [2.45, 2.75) is 39.2 Å². The molecule has 0 saturated heterocycles. The maximum absolute atomic E-state index is 5.32. The van der Waals surface area contributed by atoms with Crippen LogP contribution in [0, 0.1) is 12.8 Å². The molecule has 94 valence electrons. The highest BCUT2D eigenvalue weighted by atomic mass is 16.5. The minimum atomic E-state index is 0.526. The molecule has 0 bridgehead atoms. The predicted molar refractivity (Wildman–Crippen MR) is 71.5 cm³/mol. The molecule has 0 spiro atoms. The molecule has 1 saturated carbocycles. The Labute approximate surface area is 104 Å². The third-order valence-electron chi connectivity index (χ3n) is 3.82. The second-order valence-electron chi connectivity index (χ2n) is 4.96. The minimum absolute atomic E-state index is 0.526. The molecule has 1 aliphatic rings. The summed E-state index contributed by atoms with van der Waals surface area (Å²) in [5.41, 5.74) is 2.64. The van der Waals surface area contributed by atoms with Crippen LogP contribution in [0.3, 0.4) is 0 Å². The maximum atomic E-state index is 5.32. The monoisotopic (exact) mass is 233 g/mol. The molecule has 2 heteroatoms. The first-order valence-electron chi connectivity index (χ1n) is 6.64. The van der Waals surface area contributed by atoms with Crippen molar-refractivity contribution in [3.8, 4) is 5.75 Å². The first-order chi connectivity index (χ1) is 8.26. The topological polar surface area (TPSA) is 21.3 Å². The van der Waals surface area contributed by atoms with E-state index in [0.29, 0.717) is 6.04 Å². The van der Waals surface area contributed by atoms with Crippen LogP contribution >= 0.6 is 0 Å². The highest BCUT2D eigenvalue weighted by molar-refractivity contribution is 5.37. The Balaban J connectivity index is 2.19. The minimum Gasteiger partial charge on any atom is -0.496 e. The van der Waals surface area contributed by atoms with Gasteiger partial charge in [-0.25, -0.2) is 0 Å². The van der Waals surface area contributed by atoms with Crippen molar-refractivity contribution in [3.05, 3.63) is 29.3 Å². The van der Waals surface area contributed by atoms with Crippen LogP contribution in [0.1, 0.15) is 43.4 Å². The summed E-state index contributed by atoms with van der Waals surface area (Å²) in [5.74, 6) is 1.81. The van der Waals surface area contributed by atoms with E-state index in [-0.39, 0.29) is 0 Å². The van der Waals surface area contributed by atoms with E-state index in [0.717, 1.165) is 18.2 Å². The lowest BCUT2D eigenvalue weighted by Crippen LogP contribution is -2.32. The van der Waals surface area contributed by atoms with Gasteiger partial charge >= 0.3 is 0 Å². The van der Waals surface area contributed by atoms with Crippen LogP contribution in [0.2, 0.25) is 0 Å². The zero-order chi connectivity index (χ0) is 12.3. The highest BCUT2D eigenvalue weighted by Gasteiger charge is 2.27. The molecule has 17 heavy (non-hydrogen) atoms. The van der Waals surface area contributed by atoms with Crippen LogP contribution < -0.4 is 10.1 Å². The molecule has 1 N–H and O–H groups in total. The zero-order valence-corrected chi connectivity index (χ0v) is 11.1. The fraction of sp³-hybridized carbons (Fsp3) is 0.600. The van der Waals surface area contributed by atoms with Crippen molar-refractivity contribution in [1.82, 2.24) is 5.32 Å². The van der Waals surface area contributed by atoms with Gasteiger partial charge in [0.25, 0.3) is 0 Å². The van der Waals surface area contributed by atoms with E-state index < -0.39 is 0 Å². The summed E-state index contributed by atoms with van der Waals surface area (Å²) in [7, 11) is 1.73. The average Bonchev–Trinajstić information content (AvgIpc) is 2.26. The van der Waals surface area contributed by atoms with Crippen LogP contribution in [-0.4, -0.2) is 13.7 Å². The molecule has 1 atom stereocenters.